The lowest BCUT2D eigenvalue weighted by atomic mass is 10.1. The number of benzene rings is 1. The summed E-state index contributed by atoms with van der Waals surface area (Å²) in [5.41, 5.74) is 3.61. The number of hydrogen-bond acceptors (Lipinski definition) is 5. The lowest BCUT2D eigenvalue weighted by molar-refractivity contribution is 0.311. The Bertz CT molecular complexity index is 677. The minimum Gasteiger partial charge on any atom is -0.354 e. The highest BCUT2D eigenvalue weighted by molar-refractivity contribution is 5.61. The average molecular weight is 309 g/mol. The maximum atomic E-state index is 4.96. The van der Waals surface area contributed by atoms with Gasteiger partial charge in [0.15, 0.2) is 5.82 Å². The van der Waals surface area contributed by atoms with Gasteiger partial charge in [0.2, 0.25) is 0 Å². The molecule has 5 nitrogen and oxygen atoms in total. The number of hydrogen-bond donors (Lipinski definition) is 1. The van der Waals surface area contributed by atoms with E-state index in [1.165, 1.54) is 11.3 Å². The van der Waals surface area contributed by atoms with Crippen molar-refractivity contribution < 1.29 is 0 Å². The summed E-state index contributed by atoms with van der Waals surface area (Å²) < 4.78 is 0. The molecule has 2 aliphatic rings. The van der Waals surface area contributed by atoms with Crippen LogP contribution in [0.2, 0.25) is 0 Å². The molecule has 0 aliphatic carbocycles. The van der Waals surface area contributed by atoms with E-state index < -0.39 is 0 Å². The molecule has 0 saturated carbocycles. The van der Waals surface area contributed by atoms with E-state index >= 15 is 0 Å². The zero-order valence-electron chi connectivity index (χ0n) is 13.6. The summed E-state index contributed by atoms with van der Waals surface area (Å²) in [7, 11) is 2.18. The molecule has 2 aromatic rings. The van der Waals surface area contributed by atoms with Crippen LogP contribution in [0, 0.1) is 0 Å². The molecule has 4 rings (SSSR count). The second-order valence-corrected chi connectivity index (χ2v) is 6.38. The van der Waals surface area contributed by atoms with E-state index in [2.05, 4.69) is 46.4 Å². The molecule has 5 heteroatoms. The van der Waals surface area contributed by atoms with Gasteiger partial charge in [-0.1, -0.05) is 30.3 Å². The number of nitrogens with one attached hydrogen (secondary N) is 1. The van der Waals surface area contributed by atoms with Crippen LogP contribution in [0.15, 0.2) is 30.3 Å². The average Bonchev–Trinajstić information content (AvgIpc) is 2.62. The summed E-state index contributed by atoms with van der Waals surface area (Å²) in [5.74, 6) is 1.99. The fourth-order valence-electron chi connectivity index (χ4n) is 3.32. The normalized spacial score (nSPS) is 18.7. The fourth-order valence-corrected chi connectivity index (χ4v) is 3.32. The van der Waals surface area contributed by atoms with Crippen LogP contribution in [-0.4, -0.2) is 54.6 Å². The van der Waals surface area contributed by atoms with E-state index in [1.807, 2.05) is 6.07 Å². The topological polar surface area (TPSA) is 44.3 Å². The first-order valence-electron chi connectivity index (χ1n) is 8.41. The van der Waals surface area contributed by atoms with Gasteiger partial charge >= 0.3 is 0 Å². The Balaban J connectivity index is 1.77. The first-order chi connectivity index (χ1) is 11.3. The molecule has 0 bridgehead atoms. The summed E-state index contributed by atoms with van der Waals surface area (Å²) in [6.45, 7) is 6.13. The molecule has 3 heterocycles. The number of aromatic nitrogens is 2. The standard InChI is InChI=1S/C18H23N5/c1-22-9-11-23(12-10-22)18-15-13-19-8-7-16(15)20-17(21-18)14-5-3-2-4-6-14/h2-6,19H,7-13H2,1H3. The van der Waals surface area contributed by atoms with Gasteiger partial charge in [-0.25, -0.2) is 9.97 Å². The molecule has 1 N–H and O–H groups in total. The Morgan fingerprint density at radius 3 is 2.57 bits per heavy atom. The van der Waals surface area contributed by atoms with Crippen molar-refractivity contribution in [2.75, 3.05) is 44.7 Å². The molecule has 0 unspecified atom stereocenters. The number of rotatable bonds is 2. The number of anilines is 1. The van der Waals surface area contributed by atoms with Crippen LogP contribution in [0.1, 0.15) is 11.3 Å². The van der Waals surface area contributed by atoms with E-state index in [4.69, 9.17) is 9.97 Å². The number of piperazine rings is 1. The second kappa shape index (κ2) is 6.26. The van der Waals surface area contributed by atoms with E-state index in [0.29, 0.717) is 0 Å². The van der Waals surface area contributed by atoms with Crippen molar-refractivity contribution in [3.05, 3.63) is 41.6 Å². The molecule has 2 aliphatic heterocycles. The van der Waals surface area contributed by atoms with Gasteiger partial charge in [0, 0.05) is 56.8 Å². The van der Waals surface area contributed by atoms with Crippen molar-refractivity contribution in [3.63, 3.8) is 0 Å². The molecule has 120 valence electrons. The summed E-state index contributed by atoms with van der Waals surface area (Å²) in [6, 6.07) is 10.3. The molecule has 0 spiro atoms. The number of nitrogens with zero attached hydrogens (tertiary/aromatic N) is 4. The first-order valence-corrected chi connectivity index (χ1v) is 8.41. The maximum Gasteiger partial charge on any atom is 0.161 e. The largest absolute Gasteiger partial charge is 0.354 e. The minimum atomic E-state index is 0.861. The fraction of sp³-hybridized carbons (Fsp3) is 0.444. The van der Waals surface area contributed by atoms with Gasteiger partial charge in [0.05, 0.1) is 5.69 Å². The Hall–Kier alpha value is -1.98. The van der Waals surface area contributed by atoms with Crippen LogP contribution in [-0.2, 0) is 13.0 Å². The Morgan fingerprint density at radius 1 is 1.00 bits per heavy atom. The van der Waals surface area contributed by atoms with Crippen LogP contribution in [0.5, 0.6) is 0 Å². The highest BCUT2D eigenvalue weighted by atomic mass is 15.3. The Labute approximate surface area is 137 Å². The van der Waals surface area contributed by atoms with Gasteiger partial charge in [0.1, 0.15) is 5.82 Å². The molecule has 1 fully saturated rings. The summed E-state index contributed by atoms with van der Waals surface area (Å²) >= 11 is 0. The summed E-state index contributed by atoms with van der Waals surface area (Å²) in [6.07, 6.45) is 0.985. The van der Waals surface area contributed by atoms with Crippen molar-refractivity contribution in [3.8, 4) is 11.4 Å². The van der Waals surface area contributed by atoms with Crippen molar-refractivity contribution in [2.45, 2.75) is 13.0 Å². The van der Waals surface area contributed by atoms with Crippen molar-refractivity contribution >= 4 is 5.82 Å². The van der Waals surface area contributed by atoms with Gasteiger partial charge in [-0.3, -0.25) is 0 Å². The number of fused-ring (bicyclic) bond motifs is 1. The summed E-state index contributed by atoms with van der Waals surface area (Å²) in [4.78, 5) is 14.6. The SMILES string of the molecule is CN1CCN(c2nc(-c3ccccc3)nc3c2CNCC3)CC1. The van der Waals surface area contributed by atoms with Crippen LogP contribution in [0.4, 0.5) is 5.82 Å². The van der Waals surface area contributed by atoms with E-state index in [9.17, 15) is 0 Å². The van der Waals surface area contributed by atoms with Gasteiger partial charge < -0.3 is 15.1 Å². The van der Waals surface area contributed by atoms with Gasteiger partial charge in [0.25, 0.3) is 0 Å². The van der Waals surface area contributed by atoms with Crippen LogP contribution < -0.4 is 10.2 Å². The molecular weight excluding hydrogens is 286 g/mol. The zero-order chi connectivity index (χ0) is 15.6. The molecule has 23 heavy (non-hydrogen) atoms. The highest BCUT2D eigenvalue weighted by Crippen LogP contribution is 2.27. The van der Waals surface area contributed by atoms with E-state index in [1.54, 1.807) is 0 Å². The summed E-state index contributed by atoms with van der Waals surface area (Å²) in [5, 5.41) is 3.47. The molecular formula is C18H23N5. The molecule has 0 radical (unpaired) electrons. The molecule has 1 aromatic heterocycles. The predicted octanol–water partition coefficient (Wildman–Crippen LogP) is 1.54. The maximum absolute atomic E-state index is 4.96. The zero-order valence-corrected chi connectivity index (χ0v) is 13.6. The molecule has 1 saturated heterocycles. The van der Waals surface area contributed by atoms with Crippen LogP contribution in [0.3, 0.4) is 0 Å². The van der Waals surface area contributed by atoms with Crippen LogP contribution in [0.25, 0.3) is 11.4 Å². The van der Waals surface area contributed by atoms with E-state index in [0.717, 1.165) is 62.9 Å². The van der Waals surface area contributed by atoms with Gasteiger partial charge in [-0.05, 0) is 7.05 Å². The highest BCUT2D eigenvalue weighted by Gasteiger charge is 2.24. The van der Waals surface area contributed by atoms with Gasteiger partial charge in [-0.2, -0.15) is 0 Å². The third-order valence-corrected chi connectivity index (χ3v) is 4.75. The van der Waals surface area contributed by atoms with Crippen molar-refractivity contribution in [1.29, 1.82) is 0 Å². The Morgan fingerprint density at radius 2 is 1.78 bits per heavy atom. The molecule has 0 amide bonds. The monoisotopic (exact) mass is 309 g/mol. The smallest absolute Gasteiger partial charge is 0.161 e. The third kappa shape index (κ3) is 2.94. The lowest BCUT2D eigenvalue weighted by Crippen LogP contribution is -2.45. The first kappa shape index (κ1) is 14.6. The molecule has 1 aromatic carbocycles. The van der Waals surface area contributed by atoms with Crippen molar-refractivity contribution in [1.82, 2.24) is 20.2 Å². The second-order valence-electron chi connectivity index (χ2n) is 6.38. The number of likely N-dealkylation sites (N-methyl/N-ethyl adjacent to an activating group) is 1. The van der Waals surface area contributed by atoms with E-state index in [-0.39, 0.29) is 0 Å². The van der Waals surface area contributed by atoms with Gasteiger partial charge in [-0.15, -0.1) is 0 Å². The molecule has 0 atom stereocenters. The Kier molecular flexibility index (Phi) is 3.97. The van der Waals surface area contributed by atoms with Crippen LogP contribution >= 0.6 is 0 Å². The lowest BCUT2D eigenvalue weighted by Gasteiger charge is -2.35. The predicted molar refractivity (Wildman–Crippen MR) is 92.6 cm³/mol. The minimum absolute atomic E-state index is 0.861. The van der Waals surface area contributed by atoms with Crippen molar-refractivity contribution in [2.24, 2.45) is 0 Å². The quantitative estimate of drug-likeness (QED) is 0.912. The third-order valence-electron chi connectivity index (χ3n) is 4.75.